The molecule has 1 aliphatic rings. The van der Waals surface area contributed by atoms with E-state index < -0.39 is 0 Å². The number of amides is 1. The van der Waals surface area contributed by atoms with Crippen LogP contribution in [0, 0.1) is 5.92 Å². The molecule has 98 valence electrons. The molecule has 4 heteroatoms. The Morgan fingerprint density at radius 3 is 2.94 bits per heavy atom. The molecule has 4 nitrogen and oxygen atoms in total. The van der Waals surface area contributed by atoms with Crippen LogP contribution in [0.5, 0.6) is 5.75 Å². The van der Waals surface area contributed by atoms with E-state index in [9.17, 15) is 4.79 Å². The maximum absolute atomic E-state index is 11.6. The third-order valence-corrected chi connectivity index (χ3v) is 3.76. The van der Waals surface area contributed by atoms with Gasteiger partial charge in [-0.05, 0) is 13.0 Å². The van der Waals surface area contributed by atoms with Gasteiger partial charge in [-0.2, -0.15) is 0 Å². The number of rotatable bonds is 4. The Morgan fingerprint density at radius 2 is 2.28 bits per heavy atom. The Hall–Kier alpha value is -1.55. The zero-order chi connectivity index (χ0) is 13.2. The van der Waals surface area contributed by atoms with Crippen molar-refractivity contribution in [2.24, 2.45) is 11.7 Å². The van der Waals surface area contributed by atoms with Gasteiger partial charge >= 0.3 is 0 Å². The van der Waals surface area contributed by atoms with Gasteiger partial charge in [-0.3, -0.25) is 4.79 Å². The number of nitrogens with two attached hydrogens (primary N) is 1. The van der Waals surface area contributed by atoms with Crippen molar-refractivity contribution in [1.29, 1.82) is 0 Å². The summed E-state index contributed by atoms with van der Waals surface area (Å²) >= 11 is 0. The number of para-hydroxylation sites is 1. The number of benzene rings is 1. The van der Waals surface area contributed by atoms with Crippen molar-refractivity contribution in [2.75, 3.05) is 19.7 Å². The molecule has 18 heavy (non-hydrogen) atoms. The average molecular weight is 248 g/mol. The molecule has 1 aromatic carbocycles. The van der Waals surface area contributed by atoms with Crippen LogP contribution in [0.1, 0.15) is 19.4 Å². The first kappa shape index (κ1) is 12.9. The number of carbonyl (C=O) groups is 1. The van der Waals surface area contributed by atoms with Gasteiger partial charge in [0.1, 0.15) is 5.75 Å². The lowest BCUT2D eigenvalue weighted by atomic mass is 9.73. The molecule has 0 spiro atoms. The van der Waals surface area contributed by atoms with Crippen molar-refractivity contribution in [3.8, 4) is 5.75 Å². The molecule has 1 heterocycles. The van der Waals surface area contributed by atoms with Crippen LogP contribution in [0.15, 0.2) is 24.3 Å². The molecule has 1 aromatic rings. The standard InChI is InChI=1S/C14H20N2O2/c1-3-18-12-7-5-4-6-10(12)14(2)9-16-8-11(14)13(15)17/h4-7,11,16H,3,8-9H2,1-2H3,(H2,15,17). The second-order valence-electron chi connectivity index (χ2n) is 4.93. The van der Waals surface area contributed by atoms with E-state index in [0.717, 1.165) is 17.9 Å². The van der Waals surface area contributed by atoms with Crippen LogP contribution in [0.25, 0.3) is 0 Å². The van der Waals surface area contributed by atoms with Crippen LogP contribution in [0.3, 0.4) is 0 Å². The van der Waals surface area contributed by atoms with Crippen molar-refractivity contribution < 1.29 is 9.53 Å². The molecule has 1 saturated heterocycles. The summed E-state index contributed by atoms with van der Waals surface area (Å²) in [6.45, 7) is 6.01. The molecular formula is C14H20N2O2. The quantitative estimate of drug-likeness (QED) is 0.837. The van der Waals surface area contributed by atoms with Gasteiger partial charge in [0.15, 0.2) is 0 Å². The van der Waals surface area contributed by atoms with Crippen LogP contribution < -0.4 is 15.8 Å². The van der Waals surface area contributed by atoms with E-state index in [1.165, 1.54) is 0 Å². The zero-order valence-corrected chi connectivity index (χ0v) is 10.9. The highest BCUT2D eigenvalue weighted by molar-refractivity contribution is 5.79. The summed E-state index contributed by atoms with van der Waals surface area (Å²) in [4.78, 5) is 11.6. The van der Waals surface area contributed by atoms with Crippen LogP contribution in [0.2, 0.25) is 0 Å². The molecule has 0 bridgehead atoms. The Kier molecular flexibility index (Phi) is 3.57. The van der Waals surface area contributed by atoms with Crippen molar-refractivity contribution in [3.05, 3.63) is 29.8 Å². The van der Waals surface area contributed by atoms with Crippen molar-refractivity contribution in [3.63, 3.8) is 0 Å². The van der Waals surface area contributed by atoms with E-state index in [0.29, 0.717) is 13.2 Å². The Morgan fingerprint density at radius 1 is 1.56 bits per heavy atom. The number of hydrogen-bond acceptors (Lipinski definition) is 3. The van der Waals surface area contributed by atoms with E-state index in [4.69, 9.17) is 10.5 Å². The summed E-state index contributed by atoms with van der Waals surface area (Å²) in [6.07, 6.45) is 0. The molecule has 1 aliphatic heterocycles. The SMILES string of the molecule is CCOc1ccccc1C1(C)CNCC1C(N)=O. The fourth-order valence-electron chi connectivity index (χ4n) is 2.74. The highest BCUT2D eigenvalue weighted by Gasteiger charge is 2.44. The molecule has 2 rings (SSSR count). The predicted octanol–water partition coefficient (Wildman–Crippen LogP) is 1.05. The Labute approximate surface area is 108 Å². The zero-order valence-electron chi connectivity index (χ0n) is 10.9. The number of primary amides is 1. The second-order valence-corrected chi connectivity index (χ2v) is 4.93. The molecule has 0 aromatic heterocycles. The van der Waals surface area contributed by atoms with Crippen molar-refractivity contribution in [2.45, 2.75) is 19.3 Å². The van der Waals surface area contributed by atoms with Gasteiger partial charge in [-0.15, -0.1) is 0 Å². The van der Waals surface area contributed by atoms with E-state index in [-0.39, 0.29) is 17.2 Å². The Bertz CT molecular complexity index is 447. The van der Waals surface area contributed by atoms with Gasteiger partial charge in [0.2, 0.25) is 5.91 Å². The first-order valence-corrected chi connectivity index (χ1v) is 6.32. The Balaban J connectivity index is 2.43. The first-order chi connectivity index (χ1) is 8.59. The van der Waals surface area contributed by atoms with Crippen LogP contribution >= 0.6 is 0 Å². The maximum Gasteiger partial charge on any atom is 0.222 e. The van der Waals surface area contributed by atoms with Crippen molar-refractivity contribution in [1.82, 2.24) is 5.32 Å². The molecule has 2 unspecified atom stereocenters. The van der Waals surface area contributed by atoms with Crippen LogP contribution in [0.4, 0.5) is 0 Å². The first-order valence-electron chi connectivity index (χ1n) is 6.32. The minimum Gasteiger partial charge on any atom is -0.494 e. The predicted molar refractivity (Wildman–Crippen MR) is 70.5 cm³/mol. The topological polar surface area (TPSA) is 64.3 Å². The third-order valence-electron chi connectivity index (χ3n) is 3.76. The van der Waals surface area contributed by atoms with Gasteiger partial charge in [0, 0.05) is 24.1 Å². The minimum atomic E-state index is -0.294. The summed E-state index contributed by atoms with van der Waals surface area (Å²) < 4.78 is 5.66. The smallest absolute Gasteiger partial charge is 0.222 e. The number of carbonyl (C=O) groups excluding carboxylic acids is 1. The normalized spacial score (nSPS) is 27.1. The monoisotopic (exact) mass is 248 g/mol. The van der Waals surface area contributed by atoms with Gasteiger partial charge in [0.05, 0.1) is 12.5 Å². The van der Waals surface area contributed by atoms with Crippen molar-refractivity contribution >= 4 is 5.91 Å². The second kappa shape index (κ2) is 4.98. The van der Waals surface area contributed by atoms with Crippen LogP contribution in [-0.4, -0.2) is 25.6 Å². The average Bonchev–Trinajstić information content (AvgIpc) is 2.73. The van der Waals surface area contributed by atoms with Gasteiger partial charge < -0.3 is 15.8 Å². The number of hydrogen-bond donors (Lipinski definition) is 2. The third kappa shape index (κ3) is 2.08. The highest BCUT2D eigenvalue weighted by Crippen LogP contribution is 2.39. The summed E-state index contributed by atoms with van der Waals surface area (Å²) in [6, 6.07) is 7.88. The summed E-state index contributed by atoms with van der Waals surface area (Å²) in [5, 5.41) is 3.26. The molecule has 1 fully saturated rings. The van der Waals surface area contributed by atoms with Crippen LogP contribution in [-0.2, 0) is 10.2 Å². The lowest BCUT2D eigenvalue weighted by molar-refractivity contribution is -0.122. The summed E-state index contributed by atoms with van der Waals surface area (Å²) in [5.41, 5.74) is 6.28. The number of nitrogens with one attached hydrogen (secondary N) is 1. The van der Waals surface area contributed by atoms with Gasteiger partial charge in [0.25, 0.3) is 0 Å². The van der Waals surface area contributed by atoms with E-state index in [2.05, 4.69) is 12.2 Å². The lowest BCUT2D eigenvalue weighted by Crippen LogP contribution is -2.40. The maximum atomic E-state index is 11.6. The molecule has 0 aliphatic carbocycles. The van der Waals surface area contributed by atoms with E-state index in [1.807, 2.05) is 31.2 Å². The fraction of sp³-hybridized carbons (Fsp3) is 0.500. The highest BCUT2D eigenvalue weighted by atomic mass is 16.5. The van der Waals surface area contributed by atoms with E-state index >= 15 is 0 Å². The molecule has 0 radical (unpaired) electrons. The molecule has 0 saturated carbocycles. The van der Waals surface area contributed by atoms with Gasteiger partial charge in [-0.25, -0.2) is 0 Å². The van der Waals surface area contributed by atoms with Gasteiger partial charge in [-0.1, -0.05) is 25.1 Å². The summed E-state index contributed by atoms with van der Waals surface area (Å²) in [7, 11) is 0. The summed E-state index contributed by atoms with van der Waals surface area (Å²) in [5.74, 6) is 0.394. The fourth-order valence-corrected chi connectivity index (χ4v) is 2.74. The van der Waals surface area contributed by atoms with E-state index in [1.54, 1.807) is 0 Å². The minimum absolute atomic E-state index is 0.195. The molecule has 1 amide bonds. The molecule has 3 N–H and O–H groups in total. The molecule has 2 atom stereocenters. The molecular weight excluding hydrogens is 228 g/mol. The number of ether oxygens (including phenoxy) is 1. The lowest BCUT2D eigenvalue weighted by Gasteiger charge is -2.30. The largest absolute Gasteiger partial charge is 0.494 e.